The molecule has 1 atom stereocenters. The van der Waals surface area contributed by atoms with Crippen molar-refractivity contribution in [2.45, 2.75) is 45.3 Å². The number of nitrogens with one attached hydrogen (secondary N) is 1. The minimum Gasteiger partial charge on any atom is -0.444 e. The standard InChI is InChI=1S/C11H22N2O4S/c1-11(2,3)17-10(14)12-9-6-5-7-13(8-9)18(4,15)16/h9H,5-8H2,1-4H3,(H,12,14)/t9-/m0/s1. The maximum atomic E-state index is 11.6. The topological polar surface area (TPSA) is 75.7 Å². The molecule has 1 amide bonds. The van der Waals surface area contributed by atoms with Crippen molar-refractivity contribution in [3.8, 4) is 0 Å². The van der Waals surface area contributed by atoms with E-state index >= 15 is 0 Å². The maximum absolute atomic E-state index is 11.6. The van der Waals surface area contributed by atoms with Crippen LogP contribution in [0.4, 0.5) is 4.79 Å². The first-order valence-corrected chi connectivity index (χ1v) is 7.87. The maximum Gasteiger partial charge on any atom is 0.407 e. The Kier molecular flexibility index (Phi) is 4.61. The molecule has 1 fully saturated rings. The number of hydrogen-bond donors (Lipinski definition) is 1. The molecule has 1 heterocycles. The van der Waals surface area contributed by atoms with Crippen LogP contribution in [0.2, 0.25) is 0 Å². The minimum absolute atomic E-state index is 0.177. The molecule has 0 spiro atoms. The van der Waals surface area contributed by atoms with Crippen LogP contribution in [0.25, 0.3) is 0 Å². The molecule has 0 aromatic carbocycles. The zero-order chi connectivity index (χ0) is 14.0. The monoisotopic (exact) mass is 278 g/mol. The number of alkyl carbamates (subject to hydrolysis) is 1. The highest BCUT2D eigenvalue weighted by Crippen LogP contribution is 2.14. The smallest absolute Gasteiger partial charge is 0.407 e. The highest BCUT2D eigenvalue weighted by Gasteiger charge is 2.28. The van der Waals surface area contributed by atoms with Crippen molar-refractivity contribution in [1.82, 2.24) is 9.62 Å². The van der Waals surface area contributed by atoms with Crippen LogP contribution in [-0.4, -0.2) is 49.8 Å². The van der Waals surface area contributed by atoms with E-state index in [-0.39, 0.29) is 6.04 Å². The predicted molar refractivity (Wildman–Crippen MR) is 68.8 cm³/mol. The van der Waals surface area contributed by atoms with Crippen molar-refractivity contribution in [3.63, 3.8) is 0 Å². The second kappa shape index (κ2) is 5.44. The van der Waals surface area contributed by atoms with Crippen molar-refractivity contribution < 1.29 is 17.9 Å². The van der Waals surface area contributed by atoms with E-state index in [0.29, 0.717) is 13.1 Å². The number of sulfonamides is 1. The van der Waals surface area contributed by atoms with Crippen molar-refractivity contribution in [2.75, 3.05) is 19.3 Å². The predicted octanol–water partition coefficient (Wildman–Crippen LogP) is 0.935. The molecular weight excluding hydrogens is 256 g/mol. The molecule has 1 N–H and O–H groups in total. The van der Waals surface area contributed by atoms with Crippen LogP contribution in [0.3, 0.4) is 0 Å². The van der Waals surface area contributed by atoms with Crippen LogP contribution in [0.5, 0.6) is 0 Å². The molecule has 0 saturated carbocycles. The van der Waals surface area contributed by atoms with E-state index in [9.17, 15) is 13.2 Å². The van der Waals surface area contributed by atoms with Gasteiger partial charge in [-0.25, -0.2) is 17.5 Å². The van der Waals surface area contributed by atoms with Crippen molar-refractivity contribution in [3.05, 3.63) is 0 Å². The van der Waals surface area contributed by atoms with E-state index in [1.165, 1.54) is 10.6 Å². The molecule has 6 nitrogen and oxygen atoms in total. The summed E-state index contributed by atoms with van der Waals surface area (Å²) in [6.07, 6.45) is 2.20. The number of amides is 1. The molecule has 7 heteroatoms. The lowest BCUT2D eigenvalue weighted by Crippen LogP contribution is -2.50. The summed E-state index contributed by atoms with van der Waals surface area (Å²) in [6, 6.07) is -0.177. The van der Waals surface area contributed by atoms with E-state index in [0.717, 1.165) is 12.8 Å². The Morgan fingerprint density at radius 3 is 2.50 bits per heavy atom. The van der Waals surface area contributed by atoms with E-state index in [1.807, 2.05) is 0 Å². The third-order valence-corrected chi connectivity index (χ3v) is 3.84. The Bertz CT molecular complexity index is 400. The first kappa shape index (κ1) is 15.2. The summed E-state index contributed by atoms with van der Waals surface area (Å²) < 4.78 is 29.4. The van der Waals surface area contributed by atoms with E-state index in [1.54, 1.807) is 20.8 Å². The van der Waals surface area contributed by atoms with Gasteiger partial charge < -0.3 is 10.1 Å². The van der Waals surface area contributed by atoms with E-state index < -0.39 is 21.7 Å². The van der Waals surface area contributed by atoms with Crippen molar-refractivity contribution in [2.24, 2.45) is 0 Å². The molecule has 1 aliphatic heterocycles. The van der Waals surface area contributed by atoms with Crippen LogP contribution < -0.4 is 5.32 Å². The van der Waals surface area contributed by atoms with Gasteiger partial charge in [0.1, 0.15) is 5.60 Å². The van der Waals surface area contributed by atoms with Gasteiger partial charge in [0.15, 0.2) is 0 Å². The second-order valence-corrected chi connectivity index (χ2v) is 7.59. The van der Waals surface area contributed by atoms with Crippen LogP contribution in [0.15, 0.2) is 0 Å². The molecule has 0 radical (unpaired) electrons. The number of hydrogen-bond acceptors (Lipinski definition) is 4. The molecule has 1 saturated heterocycles. The van der Waals surface area contributed by atoms with Crippen LogP contribution >= 0.6 is 0 Å². The number of rotatable bonds is 2. The average Bonchev–Trinajstić information content (AvgIpc) is 2.13. The lowest BCUT2D eigenvalue weighted by molar-refractivity contribution is 0.0487. The SMILES string of the molecule is CC(C)(C)OC(=O)N[C@H]1CCCN(S(C)(=O)=O)C1. The highest BCUT2D eigenvalue weighted by atomic mass is 32.2. The van der Waals surface area contributed by atoms with Gasteiger partial charge in [0, 0.05) is 19.1 Å². The summed E-state index contributed by atoms with van der Waals surface area (Å²) in [5.74, 6) is 0. The fraction of sp³-hybridized carbons (Fsp3) is 0.909. The molecule has 18 heavy (non-hydrogen) atoms. The van der Waals surface area contributed by atoms with Gasteiger partial charge in [-0.15, -0.1) is 0 Å². The molecule has 0 bridgehead atoms. The Hall–Kier alpha value is -0.820. The van der Waals surface area contributed by atoms with Gasteiger partial charge in [0.05, 0.1) is 6.26 Å². The van der Waals surface area contributed by atoms with Gasteiger partial charge in [-0.3, -0.25) is 0 Å². The number of nitrogens with zero attached hydrogens (tertiary/aromatic N) is 1. The van der Waals surface area contributed by atoms with Gasteiger partial charge in [0.25, 0.3) is 0 Å². The number of carbonyl (C=O) groups is 1. The van der Waals surface area contributed by atoms with Crippen molar-refractivity contribution in [1.29, 1.82) is 0 Å². The third kappa shape index (κ3) is 5.22. The minimum atomic E-state index is -3.19. The van der Waals surface area contributed by atoms with Gasteiger partial charge in [-0.05, 0) is 33.6 Å². The first-order valence-electron chi connectivity index (χ1n) is 6.02. The fourth-order valence-corrected chi connectivity index (χ4v) is 2.75. The molecule has 0 aromatic heterocycles. The summed E-state index contributed by atoms with van der Waals surface area (Å²) in [7, 11) is -3.19. The molecule has 0 aliphatic carbocycles. The number of ether oxygens (including phenoxy) is 1. The Balaban J connectivity index is 2.51. The first-order chi connectivity index (χ1) is 8.08. The largest absolute Gasteiger partial charge is 0.444 e. The Labute approximate surface area is 109 Å². The van der Waals surface area contributed by atoms with Gasteiger partial charge in [-0.2, -0.15) is 0 Å². The van der Waals surface area contributed by atoms with Gasteiger partial charge >= 0.3 is 6.09 Å². The van der Waals surface area contributed by atoms with Gasteiger partial charge in [0.2, 0.25) is 10.0 Å². The molecule has 0 aromatic rings. The summed E-state index contributed by atoms with van der Waals surface area (Å²) in [4.78, 5) is 11.6. The fourth-order valence-electron chi connectivity index (χ4n) is 1.84. The summed E-state index contributed by atoms with van der Waals surface area (Å²) in [5, 5.41) is 2.71. The Morgan fingerprint density at radius 1 is 1.39 bits per heavy atom. The van der Waals surface area contributed by atoms with Gasteiger partial charge in [-0.1, -0.05) is 0 Å². The molecule has 1 rings (SSSR count). The highest BCUT2D eigenvalue weighted by molar-refractivity contribution is 7.88. The lowest BCUT2D eigenvalue weighted by atomic mass is 10.1. The molecule has 0 unspecified atom stereocenters. The second-order valence-electron chi connectivity index (χ2n) is 5.61. The molecule has 1 aliphatic rings. The molecule has 106 valence electrons. The summed E-state index contributed by atoms with van der Waals surface area (Å²) >= 11 is 0. The third-order valence-electron chi connectivity index (χ3n) is 2.57. The quantitative estimate of drug-likeness (QED) is 0.815. The van der Waals surface area contributed by atoms with Crippen molar-refractivity contribution >= 4 is 16.1 Å². The number of carbonyl (C=O) groups excluding carboxylic acids is 1. The molecular formula is C11H22N2O4S. The van der Waals surface area contributed by atoms with Crippen LogP contribution in [0, 0.1) is 0 Å². The summed E-state index contributed by atoms with van der Waals surface area (Å²) in [6.45, 7) is 6.20. The normalized spacial score (nSPS) is 22.6. The van der Waals surface area contributed by atoms with Crippen LogP contribution in [-0.2, 0) is 14.8 Å². The zero-order valence-corrected chi connectivity index (χ0v) is 12.2. The zero-order valence-electron chi connectivity index (χ0n) is 11.4. The lowest BCUT2D eigenvalue weighted by Gasteiger charge is -2.31. The van der Waals surface area contributed by atoms with Crippen LogP contribution in [0.1, 0.15) is 33.6 Å². The summed E-state index contributed by atoms with van der Waals surface area (Å²) in [5.41, 5.74) is -0.546. The van der Waals surface area contributed by atoms with E-state index in [4.69, 9.17) is 4.74 Å². The Morgan fingerprint density at radius 2 is 2.00 bits per heavy atom. The number of piperidine rings is 1. The van der Waals surface area contributed by atoms with E-state index in [2.05, 4.69) is 5.32 Å². The average molecular weight is 278 g/mol.